The molecule has 22 heavy (non-hydrogen) atoms. The largest absolute Gasteiger partial charge is 0.0693 e. The first-order valence-corrected chi connectivity index (χ1v) is 19.9. The molecule has 1 aromatic carbocycles. The van der Waals surface area contributed by atoms with Crippen molar-refractivity contribution in [1.29, 1.82) is 0 Å². The first kappa shape index (κ1) is 19.9. The summed E-state index contributed by atoms with van der Waals surface area (Å²) in [5.74, 6) is 0. The Bertz CT molecular complexity index is 474. The van der Waals surface area contributed by atoms with Crippen molar-refractivity contribution in [2.24, 2.45) is 0 Å². The Hall–Kier alpha value is -0.129. The van der Waals surface area contributed by atoms with Crippen LogP contribution >= 0.6 is 0 Å². The lowest BCUT2D eigenvalue weighted by Crippen LogP contribution is -2.28. The van der Waals surface area contributed by atoms with E-state index in [-0.39, 0.29) is 0 Å². The van der Waals surface area contributed by atoms with E-state index in [0.29, 0.717) is 0 Å². The van der Waals surface area contributed by atoms with Gasteiger partial charge in [-0.25, -0.2) is 0 Å². The summed E-state index contributed by atoms with van der Waals surface area (Å²) >= 11 is 0. The van der Waals surface area contributed by atoms with Crippen LogP contribution in [-0.2, 0) is 18.1 Å². The highest BCUT2D eigenvalue weighted by molar-refractivity contribution is 6.76. The molecule has 0 spiro atoms. The lowest BCUT2D eigenvalue weighted by atomic mass is 10.0. The Balaban J connectivity index is 3.30. The van der Waals surface area contributed by atoms with Gasteiger partial charge in [-0.15, -0.1) is 0 Å². The van der Waals surface area contributed by atoms with Crippen LogP contribution in [0, 0.1) is 6.92 Å². The smallest absolute Gasteiger partial charge is 0.0487 e. The molecule has 0 aliphatic rings. The first-order chi connectivity index (χ1) is 9.66. The minimum absolute atomic E-state index is 1.06. The molecule has 0 aliphatic carbocycles. The highest BCUT2D eigenvalue weighted by Gasteiger charge is 2.22. The molecule has 0 saturated carbocycles. The average molecular weight is 351 g/mol. The van der Waals surface area contributed by atoms with E-state index < -0.39 is 24.2 Å². The molecule has 0 amide bonds. The zero-order valence-corrected chi connectivity index (χ0v) is 19.8. The van der Waals surface area contributed by atoms with Gasteiger partial charge in [-0.3, -0.25) is 0 Å². The number of hydrogen-bond acceptors (Lipinski definition) is 0. The van der Waals surface area contributed by atoms with Gasteiger partial charge in [0.2, 0.25) is 0 Å². The van der Waals surface area contributed by atoms with Crippen LogP contribution in [0.2, 0.25) is 58.9 Å². The summed E-state index contributed by atoms with van der Waals surface area (Å²) in [5, 5.41) is 0. The van der Waals surface area contributed by atoms with Crippen LogP contribution in [0.3, 0.4) is 0 Å². The van der Waals surface area contributed by atoms with Crippen LogP contribution in [0.1, 0.15) is 22.3 Å². The molecule has 0 bridgehead atoms. The van der Waals surface area contributed by atoms with Crippen molar-refractivity contribution in [3.63, 3.8) is 0 Å². The van der Waals surface area contributed by atoms with Crippen LogP contribution in [0.25, 0.3) is 0 Å². The van der Waals surface area contributed by atoms with Gasteiger partial charge in [-0.1, -0.05) is 76.6 Å². The van der Waals surface area contributed by atoms with Gasteiger partial charge in [0.15, 0.2) is 0 Å². The van der Waals surface area contributed by atoms with E-state index >= 15 is 0 Å². The maximum absolute atomic E-state index is 2.56. The maximum atomic E-state index is 2.56. The number of hydrogen-bond donors (Lipinski definition) is 0. The second kappa shape index (κ2) is 6.78. The lowest BCUT2D eigenvalue weighted by molar-refractivity contribution is 1.14. The second-order valence-corrected chi connectivity index (χ2v) is 27.2. The van der Waals surface area contributed by atoms with Crippen LogP contribution in [-0.4, -0.2) is 24.2 Å². The van der Waals surface area contributed by atoms with Gasteiger partial charge in [0.25, 0.3) is 0 Å². The van der Waals surface area contributed by atoms with E-state index in [9.17, 15) is 0 Å². The van der Waals surface area contributed by atoms with Crippen LogP contribution in [0.5, 0.6) is 0 Å². The van der Waals surface area contributed by atoms with Crippen LogP contribution < -0.4 is 0 Å². The molecule has 0 radical (unpaired) electrons. The van der Waals surface area contributed by atoms with Gasteiger partial charge in [0, 0.05) is 24.2 Å². The number of benzene rings is 1. The summed E-state index contributed by atoms with van der Waals surface area (Å²) in [6.45, 7) is 24.8. The van der Waals surface area contributed by atoms with E-state index in [4.69, 9.17) is 0 Å². The summed E-state index contributed by atoms with van der Waals surface area (Å²) < 4.78 is 0. The summed E-state index contributed by atoms with van der Waals surface area (Å²) in [4.78, 5) is 0. The SMILES string of the molecule is Cc1c(C[Si](C)(C)C)cc(C[Si](C)(C)C)cc1C[Si](C)(C)C. The van der Waals surface area contributed by atoms with E-state index in [2.05, 4.69) is 78.0 Å². The first-order valence-electron chi connectivity index (χ1n) is 8.78. The molecule has 1 rings (SSSR count). The van der Waals surface area contributed by atoms with Crippen molar-refractivity contribution in [1.82, 2.24) is 0 Å². The van der Waals surface area contributed by atoms with Crippen molar-refractivity contribution >= 4 is 24.2 Å². The molecule has 1 aromatic rings. The van der Waals surface area contributed by atoms with Crippen LogP contribution in [0.4, 0.5) is 0 Å². The topological polar surface area (TPSA) is 0 Å². The van der Waals surface area contributed by atoms with Gasteiger partial charge in [-0.2, -0.15) is 0 Å². The third-order valence-corrected chi connectivity index (χ3v) is 8.21. The summed E-state index contributed by atoms with van der Waals surface area (Å²) in [5.41, 5.74) is 6.53. The average Bonchev–Trinajstić information content (AvgIpc) is 2.18. The van der Waals surface area contributed by atoms with Crippen LogP contribution in [0.15, 0.2) is 12.1 Å². The van der Waals surface area contributed by atoms with Crippen molar-refractivity contribution < 1.29 is 0 Å². The van der Waals surface area contributed by atoms with E-state index in [1.165, 1.54) is 18.1 Å². The van der Waals surface area contributed by atoms with E-state index in [1.807, 2.05) is 0 Å². The molecule has 0 unspecified atom stereocenters. The molecular weight excluding hydrogens is 312 g/mol. The summed E-state index contributed by atoms with van der Waals surface area (Å²) in [6.07, 6.45) is 0. The highest BCUT2D eigenvalue weighted by atomic mass is 28.3. The maximum Gasteiger partial charge on any atom is 0.0487 e. The number of rotatable bonds is 6. The summed E-state index contributed by atoms with van der Waals surface area (Å²) in [6, 6.07) is 9.10. The normalized spacial score (nSPS) is 13.5. The van der Waals surface area contributed by atoms with Gasteiger partial charge in [-0.05, 0) is 41.7 Å². The zero-order chi connectivity index (χ0) is 17.3. The van der Waals surface area contributed by atoms with Crippen molar-refractivity contribution in [3.05, 3.63) is 34.4 Å². The third kappa shape index (κ3) is 7.42. The summed E-state index contributed by atoms with van der Waals surface area (Å²) in [7, 11) is -3.20. The minimum Gasteiger partial charge on any atom is -0.0693 e. The van der Waals surface area contributed by atoms with Crippen molar-refractivity contribution in [2.45, 2.75) is 84.0 Å². The standard InChI is InChI=1S/C19H38Si3/c1-16-18(14-21(5,6)7)11-17(13-20(2,3)4)12-19(16)15-22(8,9)10/h11-12H,13-15H2,1-10H3. The molecule has 0 fully saturated rings. The lowest BCUT2D eigenvalue weighted by Gasteiger charge is -2.25. The van der Waals surface area contributed by atoms with Crippen molar-refractivity contribution in [2.75, 3.05) is 0 Å². The molecule has 0 aliphatic heterocycles. The zero-order valence-electron chi connectivity index (χ0n) is 16.8. The molecule has 0 N–H and O–H groups in total. The van der Waals surface area contributed by atoms with Gasteiger partial charge in [0.1, 0.15) is 0 Å². The van der Waals surface area contributed by atoms with E-state index in [1.54, 1.807) is 22.3 Å². The Morgan fingerprint density at radius 3 is 1.18 bits per heavy atom. The predicted molar refractivity (Wildman–Crippen MR) is 112 cm³/mol. The Labute approximate surface area is 142 Å². The van der Waals surface area contributed by atoms with Gasteiger partial charge in [0.05, 0.1) is 0 Å². The van der Waals surface area contributed by atoms with Gasteiger partial charge < -0.3 is 0 Å². The van der Waals surface area contributed by atoms with E-state index in [0.717, 1.165) is 0 Å². The molecule has 0 aromatic heterocycles. The second-order valence-electron chi connectivity index (χ2n) is 10.8. The predicted octanol–water partition coefficient (Wildman–Crippen LogP) is 6.25. The molecule has 3 heteroatoms. The Morgan fingerprint density at radius 1 is 0.591 bits per heavy atom. The Kier molecular flexibility index (Phi) is 6.14. The monoisotopic (exact) mass is 350 g/mol. The third-order valence-electron chi connectivity index (χ3n) is 3.86. The molecule has 0 heterocycles. The molecular formula is C19H38Si3. The highest BCUT2D eigenvalue weighted by Crippen LogP contribution is 2.26. The Morgan fingerprint density at radius 2 is 0.909 bits per heavy atom. The quantitative estimate of drug-likeness (QED) is 0.531. The van der Waals surface area contributed by atoms with Gasteiger partial charge >= 0.3 is 0 Å². The molecule has 0 saturated heterocycles. The fourth-order valence-corrected chi connectivity index (χ4v) is 7.59. The minimum atomic E-state index is -1.07. The fraction of sp³-hybridized carbons (Fsp3) is 0.684. The molecule has 0 atom stereocenters. The molecule has 0 nitrogen and oxygen atoms in total. The fourth-order valence-electron chi connectivity index (χ4n) is 3.14. The van der Waals surface area contributed by atoms with Crippen molar-refractivity contribution in [3.8, 4) is 0 Å². The molecule has 126 valence electrons.